The van der Waals surface area contributed by atoms with Gasteiger partial charge in [0.15, 0.2) is 0 Å². The van der Waals surface area contributed by atoms with Gasteiger partial charge in [-0.05, 0) is 55.6 Å². The number of halogens is 1. The van der Waals surface area contributed by atoms with Crippen LogP contribution in [-0.2, 0) is 30.2 Å². The van der Waals surface area contributed by atoms with E-state index in [-0.39, 0.29) is 29.5 Å². The first-order valence-electron chi connectivity index (χ1n) is 12.3. The number of methoxy groups -OCH3 is 1. The van der Waals surface area contributed by atoms with Crippen molar-refractivity contribution in [3.63, 3.8) is 0 Å². The van der Waals surface area contributed by atoms with E-state index in [1.165, 1.54) is 12.1 Å². The Labute approximate surface area is 213 Å². The lowest BCUT2D eigenvalue weighted by Gasteiger charge is -2.35. The molecule has 0 unspecified atom stereocenters. The van der Waals surface area contributed by atoms with Gasteiger partial charge in [-0.25, -0.2) is 4.39 Å². The van der Waals surface area contributed by atoms with Crippen LogP contribution in [0, 0.1) is 17.7 Å². The van der Waals surface area contributed by atoms with Crippen LogP contribution in [-0.4, -0.2) is 96.7 Å². The Balaban J connectivity index is 1.54. The van der Waals surface area contributed by atoms with Crippen molar-refractivity contribution in [1.82, 2.24) is 15.5 Å². The van der Waals surface area contributed by atoms with Crippen LogP contribution in [0.5, 0.6) is 5.75 Å². The molecule has 10 heteroatoms. The molecule has 202 valence electrons. The topological polar surface area (TPSA) is 98.4 Å². The molecule has 1 aromatic carbocycles. The van der Waals surface area contributed by atoms with Crippen molar-refractivity contribution < 1.29 is 32.9 Å². The third kappa shape index (κ3) is 11.5. The summed E-state index contributed by atoms with van der Waals surface area (Å²) in [5, 5.41) is 5.57. The van der Waals surface area contributed by atoms with Crippen LogP contribution in [0.1, 0.15) is 12.0 Å². The largest absolute Gasteiger partial charge is 0.497 e. The van der Waals surface area contributed by atoms with Crippen LogP contribution in [0.25, 0.3) is 0 Å². The number of likely N-dealkylation sites (tertiary alicyclic amines) is 1. The molecule has 1 fully saturated rings. The van der Waals surface area contributed by atoms with Crippen LogP contribution in [0.3, 0.4) is 0 Å². The van der Waals surface area contributed by atoms with Gasteiger partial charge in [-0.2, -0.15) is 0 Å². The SMILES string of the molecule is C=CC(=O)NCCOCCOCCOCCNC(=O)[C@H]1C[C@H](Cc2cc(OC)ccc2F)CN(C)C1. The van der Waals surface area contributed by atoms with E-state index in [1.807, 2.05) is 7.05 Å². The van der Waals surface area contributed by atoms with Crippen LogP contribution in [0.15, 0.2) is 30.9 Å². The minimum atomic E-state index is -0.243. The first-order chi connectivity index (χ1) is 17.4. The molecular formula is C26H40FN3O6. The number of amides is 2. The Morgan fingerprint density at radius 3 is 2.33 bits per heavy atom. The predicted molar refractivity (Wildman–Crippen MR) is 134 cm³/mol. The summed E-state index contributed by atoms with van der Waals surface area (Å²) in [7, 11) is 3.56. The number of piperidine rings is 1. The fraction of sp³-hybridized carbons (Fsp3) is 0.615. The lowest BCUT2D eigenvalue weighted by atomic mass is 9.84. The number of carbonyl (C=O) groups is 2. The molecule has 2 amide bonds. The van der Waals surface area contributed by atoms with Crippen molar-refractivity contribution >= 4 is 11.8 Å². The quantitative estimate of drug-likeness (QED) is 0.242. The van der Waals surface area contributed by atoms with Gasteiger partial charge in [0.25, 0.3) is 0 Å². The fourth-order valence-corrected chi connectivity index (χ4v) is 4.18. The molecule has 0 aliphatic carbocycles. The van der Waals surface area contributed by atoms with E-state index in [1.54, 1.807) is 19.2 Å². The van der Waals surface area contributed by atoms with Crippen molar-refractivity contribution in [3.8, 4) is 5.75 Å². The van der Waals surface area contributed by atoms with Crippen molar-refractivity contribution in [2.24, 2.45) is 11.8 Å². The molecule has 1 aliphatic heterocycles. The second kappa shape index (κ2) is 17.0. The molecule has 0 aromatic heterocycles. The third-order valence-corrected chi connectivity index (χ3v) is 5.87. The Hall–Kier alpha value is -2.53. The van der Waals surface area contributed by atoms with Crippen LogP contribution >= 0.6 is 0 Å². The summed E-state index contributed by atoms with van der Waals surface area (Å²) in [6.07, 6.45) is 2.49. The normalized spacial score (nSPS) is 18.0. The molecule has 0 radical (unpaired) electrons. The Bertz CT molecular complexity index is 825. The maximum absolute atomic E-state index is 14.3. The number of hydrogen-bond donors (Lipinski definition) is 2. The number of nitrogens with zero attached hydrogens (tertiary/aromatic N) is 1. The number of hydrogen-bond acceptors (Lipinski definition) is 7. The van der Waals surface area contributed by atoms with Gasteiger partial charge in [0, 0.05) is 26.2 Å². The monoisotopic (exact) mass is 509 g/mol. The highest BCUT2D eigenvalue weighted by Crippen LogP contribution is 2.27. The van der Waals surface area contributed by atoms with Gasteiger partial charge < -0.3 is 34.5 Å². The highest BCUT2D eigenvalue weighted by atomic mass is 19.1. The smallest absolute Gasteiger partial charge is 0.243 e. The van der Waals surface area contributed by atoms with Crippen molar-refractivity contribution in [2.75, 3.05) is 80.0 Å². The maximum Gasteiger partial charge on any atom is 0.243 e. The summed E-state index contributed by atoms with van der Waals surface area (Å²) in [6.45, 7) is 8.26. The molecule has 1 aromatic rings. The van der Waals surface area contributed by atoms with Crippen molar-refractivity contribution in [2.45, 2.75) is 12.8 Å². The molecule has 0 spiro atoms. The van der Waals surface area contributed by atoms with E-state index < -0.39 is 0 Å². The summed E-state index contributed by atoms with van der Waals surface area (Å²) in [6, 6.07) is 4.78. The summed E-state index contributed by atoms with van der Waals surface area (Å²) in [5.74, 6) is 0.210. The average Bonchev–Trinajstić information content (AvgIpc) is 2.87. The zero-order chi connectivity index (χ0) is 26.2. The Kier molecular flexibility index (Phi) is 14.0. The summed E-state index contributed by atoms with van der Waals surface area (Å²) < 4.78 is 35.7. The van der Waals surface area contributed by atoms with Gasteiger partial charge in [0.05, 0.1) is 52.7 Å². The third-order valence-electron chi connectivity index (χ3n) is 5.87. The zero-order valence-corrected chi connectivity index (χ0v) is 21.4. The summed E-state index contributed by atoms with van der Waals surface area (Å²) >= 11 is 0. The van der Waals surface area contributed by atoms with Gasteiger partial charge in [-0.1, -0.05) is 6.58 Å². The van der Waals surface area contributed by atoms with Crippen LogP contribution in [0.2, 0.25) is 0 Å². The molecule has 1 aliphatic rings. The molecular weight excluding hydrogens is 469 g/mol. The van der Waals surface area contributed by atoms with E-state index in [0.717, 1.165) is 6.54 Å². The molecule has 2 rings (SSSR count). The van der Waals surface area contributed by atoms with E-state index in [9.17, 15) is 14.0 Å². The van der Waals surface area contributed by atoms with Gasteiger partial charge in [-0.15, -0.1) is 0 Å². The van der Waals surface area contributed by atoms with E-state index in [0.29, 0.717) is 83.4 Å². The molecule has 0 saturated carbocycles. The Morgan fingerprint density at radius 1 is 1.06 bits per heavy atom. The van der Waals surface area contributed by atoms with Crippen LogP contribution in [0.4, 0.5) is 4.39 Å². The highest BCUT2D eigenvalue weighted by molar-refractivity contribution is 5.86. The van der Waals surface area contributed by atoms with Gasteiger partial charge in [0.2, 0.25) is 11.8 Å². The predicted octanol–water partition coefficient (Wildman–Crippen LogP) is 1.41. The standard InChI is InChI=1S/C26H40FN3O6/c1-4-25(31)28-7-9-34-11-13-36-14-12-35-10-8-29-26(32)22-16-20(18-30(2)19-22)15-21-17-23(33-3)5-6-24(21)27/h4-6,17,20,22H,1,7-16,18-19H2,2-3H3,(H,28,31)(H,29,32)/t20-,22-/m0/s1. The van der Waals surface area contributed by atoms with E-state index >= 15 is 0 Å². The number of benzene rings is 1. The molecule has 2 atom stereocenters. The first-order valence-corrected chi connectivity index (χ1v) is 12.3. The van der Waals surface area contributed by atoms with E-state index in [2.05, 4.69) is 22.1 Å². The first kappa shape index (κ1) is 29.7. The second-order valence-electron chi connectivity index (χ2n) is 8.80. The fourth-order valence-electron chi connectivity index (χ4n) is 4.18. The van der Waals surface area contributed by atoms with Crippen molar-refractivity contribution in [1.29, 1.82) is 0 Å². The Morgan fingerprint density at radius 2 is 1.69 bits per heavy atom. The molecule has 2 N–H and O–H groups in total. The number of nitrogens with one attached hydrogen (secondary N) is 2. The highest BCUT2D eigenvalue weighted by Gasteiger charge is 2.30. The van der Waals surface area contributed by atoms with Gasteiger partial charge in [0.1, 0.15) is 11.6 Å². The molecule has 1 heterocycles. The lowest BCUT2D eigenvalue weighted by molar-refractivity contribution is -0.127. The number of ether oxygens (including phenoxy) is 4. The average molecular weight is 510 g/mol. The number of rotatable bonds is 17. The minimum Gasteiger partial charge on any atom is -0.497 e. The summed E-state index contributed by atoms with van der Waals surface area (Å²) in [4.78, 5) is 25.8. The van der Waals surface area contributed by atoms with Crippen LogP contribution < -0.4 is 15.4 Å². The molecule has 1 saturated heterocycles. The number of carbonyl (C=O) groups excluding carboxylic acids is 2. The lowest BCUT2D eigenvalue weighted by Crippen LogP contribution is -2.45. The van der Waals surface area contributed by atoms with Gasteiger partial charge >= 0.3 is 0 Å². The maximum atomic E-state index is 14.3. The van der Waals surface area contributed by atoms with E-state index in [4.69, 9.17) is 18.9 Å². The zero-order valence-electron chi connectivity index (χ0n) is 21.4. The molecule has 0 bridgehead atoms. The minimum absolute atomic E-state index is 0.000979. The molecule has 9 nitrogen and oxygen atoms in total. The van der Waals surface area contributed by atoms with Crippen molar-refractivity contribution in [3.05, 3.63) is 42.2 Å². The van der Waals surface area contributed by atoms with Gasteiger partial charge in [-0.3, -0.25) is 9.59 Å². The summed E-state index contributed by atoms with van der Waals surface area (Å²) in [5.41, 5.74) is 0.619. The molecule has 36 heavy (non-hydrogen) atoms. The second-order valence-corrected chi connectivity index (χ2v) is 8.80.